The van der Waals surface area contributed by atoms with E-state index in [9.17, 15) is 13.2 Å². The molecule has 1 fully saturated rings. The molecule has 0 saturated heterocycles. The molecule has 1 saturated carbocycles. The van der Waals surface area contributed by atoms with Crippen molar-refractivity contribution in [3.63, 3.8) is 0 Å². The summed E-state index contributed by atoms with van der Waals surface area (Å²) in [7, 11) is 0. The molecule has 1 aliphatic carbocycles. The third-order valence-electron chi connectivity index (χ3n) is 4.89. The minimum Gasteiger partial charge on any atom is -0.313 e. The fourth-order valence-electron chi connectivity index (χ4n) is 3.50. The van der Waals surface area contributed by atoms with Gasteiger partial charge in [-0.3, -0.25) is 0 Å². The molecular formula is C15H23F3N4. The Hall–Kier alpha value is -1.11. The van der Waals surface area contributed by atoms with Crippen LogP contribution in [0.1, 0.15) is 56.6 Å². The lowest BCUT2D eigenvalue weighted by atomic mass is 9.99. The van der Waals surface area contributed by atoms with Crippen molar-refractivity contribution < 1.29 is 13.2 Å². The quantitative estimate of drug-likeness (QED) is 0.871. The minimum atomic E-state index is -4.13. The standard InChI is InChI=1S/C15H23F3N4/c16-15(17,18)11-7-8-13-20-21-14(22(13)10-11)9-19-12-5-3-1-2-4-6-12/h11-12,19H,1-10H2/t11-/m0/s1. The van der Waals surface area contributed by atoms with Gasteiger partial charge in [-0.15, -0.1) is 10.2 Å². The molecule has 1 atom stereocenters. The normalized spacial score (nSPS) is 24.0. The van der Waals surface area contributed by atoms with Crippen LogP contribution < -0.4 is 5.32 Å². The van der Waals surface area contributed by atoms with Gasteiger partial charge in [-0.2, -0.15) is 13.2 Å². The number of nitrogens with one attached hydrogen (secondary N) is 1. The molecule has 1 N–H and O–H groups in total. The third-order valence-corrected chi connectivity index (χ3v) is 4.89. The van der Waals surface area contributed by atoms with Gasteiger partial charge in [-0.25, -0.2) is 0 Å². The summed E-state index contributed by atoms with van der Waals surface area (Å²) in [5, 5.41) is 11.6. The molecule has 22 heavy (non-hydrogen) atoms. The summed E-state index contributed by atoms with van der Waals surface area (Å²) < 4.78 is 40.4. The topological polar surface area (TPSA) is 42.7 Å². The van der Waals surface area contributed by atoms with Crippen molar-refractivity contribution in [3.8, 4) is 0 Å². The van der Waals surface area contributed by atoms with E-state index in [1.807, 2.05) is 0 Å². The second-order valence-electron chi connectivity index (χ2n) is 6.49. The van der Waals surface area contributed by atoms with Gasteiger partial charge >= 0.3 is 6.18 Å². The summed E-state index contributed by atoms with van der Waals surface area (Å²) in [4.78, 5) is 0. The molecule has 1 aliphatic heterocycles. The highest BCUT2D eigenvalue weighted by Gasteiger charge is 2.42. The lowest BCUT2D eigenvalue weighted by Crippen LogP contribution is -2.34. The average Bonchev–Trinajstić information content (AvgIpc) is 2.70. The van der Waals surface area contributed by atoms with E-state index in [2.05, 4.69) is 15.5 Å². The van der Waals surface area contributed by atoms with Gasteiger partial charge in [0.2, 0.25) is 0 Å². The van der Waals surface area contributed by atoms with E-state index in [4.69, 9.17) is 0 Å². The van der Waals surface area contributed by atoms with Crippen molar-refractivity contribution in [1.29, 1.82) is 0 Å². The average molecular weight is 316 g/mol. The molecule has 0 bridgehead atoms. The highest BCUT2D eigenvalue weighted by molar-refractivity contribution is 5.01. The SMILES string of the molecule is FC(F)(F)[C@H]1CCc2nnc(CNC3CCCCCC3)n2C1. The van der Waals surface area contributed by atoms with Crippen LogP contribution in [0, 0.1) is 5.92 Å². The fraction of sp³-hybridized carbons (Fsp3) is 0.867. The summed E-state index contributed by atoms with van der Waals surface area (Å²) >= 11 is 0. The van der Waals surface area contributed by atoms with Gasteiger partial charge in [0.1, 0.15) is 11.6 Å². The summed E-state index contributed by atoms with van der Waals surface area (Å²) in [5.41, 5.74) is 0. The molecule has 3 rings (SSSR count). The summed E-state index contributed by atoms with van der Waals surface area (Å²) in [6.45, 7) is 0.482. The van der Waals surface area contributed by atoms with Gasteiger partial charge in [0, 0.05) is 19.0 Å². The van der Waals surface area contributed by atoms with Crippen LogP contribution >= 0.6 is 0 Å². The molecule has 0 unspecified atom stereocenters. The maximum Gasteiger partial charge on any atom is 0.393 e. The Labute approximate surface area is 128 Å². The largest absolute Gasteiger partial charge is 0.393 e. The molecule has 2 heterocycles. The molecule has 0 spiro atoms. The van der Waals surface area contributed by atoms with Gasteiger partial charge in [-0.05, 0) is 19.3 Å². The Morgan fingerprint density at radius 2 is 1.77 bits per heavy atom. The number of alkyl halides is 3. The molecule has 2 aliphatic rings. The number of halogens is 3. The minimum absolute atomic E-state index is 0.0342. The molecule has 4 nitrogen and oxygen atoms in total. The molecular weight excluding hydrogens is 293 g/mol. The first-order valence-electron chi connectivity index (χ1n) is 8.25. The molecule has 7 heteroatoms. The van der Waals surface area contributed by atoms with E-state index in [1.54, 1.807) is 4.57 Å². The van der Waals surface area contributed by atoms with Gasteiger partial charge < -0.3 is 9.88 Å². The van der Waals surface area contributed by atoms with Gasteiger partial charge in [0.05, 0.1) is 12.5 Å². The second-order valence-corrected chi connectivity index (χ2v) is 6.49. The highest BCUT2D eigenvalue weighted by atomic mass is 19.4. The van der Waals surface area contributed by atoms with Crippen LogP contribution in [0.3, 0.4) is 0 Å². The van der Waals surface area contributed by atoms with Crippen LogP contribution in [0.2, 0.25) is 0 Å². The summed E-state index contributed by atoms with van der Waals surface area (Å²) in [6.07, 6.45) is 3.67. The Balaban J connectivity index is 1.62. The summed E-state index contributed by atoms with van der Waals surface area (Å²) in [5.74, 6) is 0.0685. The van der Waals surface area contributed by atoms with E-state index in [1.165, 1.54) is 25.7 Å². The maximum atomic E-state index is 12.9. The van der Waals surface area contributed by atoms with Crippen LogP contribution in [0.5, 0.6) is 0 Å². The van der Waals surface area contributed by atoms with Gasteiger partial charge in [-0.1, -0.05) is 25.7 Å². The van der Waals surface area contributed by atoms with Crippen LogP contribution in [-0.2, 0) is 19.5 Å². The number of hydrogen-bond donors (Lipinski definition) is 1. The third kappa shape index (κ3) is 3.62. The van der Waals surface area contributed by atoms with Crippen LogP contribution in [-0.4, -0.2) is 27.0 Å². The van der Waals surface area contributed by atoms with E-state index >= 15 is 0 Å². The van der Waals surface area contributed by atoms with Crippen molar-refractivity contribution in [1.82, 2.24) is 20.1 Å². The Kier molecular flexibility index (Phi) is 4.70. The van der Waals surface area contributed by atoms with Gasteiger partial charge in [0.15, 0.2) is 0 Å². The van der Waals surface area contributed by atoms with Crippen molar-refractivity contribution in [3.05, 3.63) is 11.6 Å². The number of fused-ring (bicyclic) bond motifs is 1. The van der Waals surface area contributed by atoms with Crippen molar-refractivity contribution in [2.24, 2.45) is 5.92 Å². The second kappa shape index (κ2) is 6.56. The van der Waals surface area contributed by atoms with Crippen molar-refractivity contribution in [2.75, 3.05) is 0 Å². The molecule has 1 aromatic rings. The van der Waals surface area contributed by atoms with Crippen LogP contribution in [0.15, 0.2) is 0 Å². The number of aromatic nitrogens is 3. The number of rotatable bonds is 3. The Morgan fingerprint density at radius 3 is 2.45 bits per heavy atom. The maximum absolute atomic E-state index is 12.9. The molecule has 0 amide bonds. The first kappa shape index (κ1) is 15.8. The van der Waals surface area contributed by atoms with Gasteiger partial charge in [0.25, 0.3) is 0 Å². The Morgan fingerprint density at radius 1 is 1.05 bits per heavy atom. The van der Waals surface area contributed by atoms with Crippen LogP contribution in [0.4, 0.5) is 13.2 Å². The van der Waals surface area contributed by atoms with E-state index in [-0.39, 0.29) is 13.0 Å². The van der Waals surface area contributed by atoms with E-state index in [0.717, 1.165) is 12.8 Å². The first-order valence-corrected chi connectivity index (χ1v) is 8.25. The first-order chi connectivity index (χ1) is 10.5. The van der Waals surface area contributed by atoms with Crippen molar-refractivity contribution >= 4 is 0 Å². The highest BCUT2D eigenvalue weighted by Crippen LogP contribution is 2.34. The molecule has 0 aromatic carbocycles. The predicted octanol–water partition coefficient (Wildman–Crippen LogP) is 3.22. The number of aryl methyl sites for hydroxylation is 1. The summed E-state index contributed by atoms with van der Waals surface area (Å²) in [6, 6.07) is 0.456. The van der Waals surface area contributed by atoms with E-state index < -0.39 is 12.1 Å². The number of nitrogens with zero attached hydrogens (tertiary/aromatic N) is 3. The smallest absolute Gasteiger partial charge is 0.313 e. The fourth-order valence-corrected chi connectivity index (χ4v) is 3.50. The molecule has 124 valence electrons. The van der Waals surface area contributed by atoms with Crippen molar-refractivity contribution in [2.45, 2.75) is 76.7 Å². The predicted molar refractivity (Wildman–Crippen MR) is 76.2 cm³/mol. The zero-order valence-electron chi connectivity index (χ0n) is 12.7. The monoisotopic (exact) mass is 316 g/mol. The molecule has 1 aromatic heterocycles. The molecule has 0 radical (unpaired) electrons. The zero-order chi connectivity index (χ0) is 15.6. The van der Waals surface area contributed by atoms with Crippen LogP contribution in [0.25, 0.3) is 0 Å². The number of hydrogen-bond acceptors (Lipinski definition) is 3. The Bertz CT molecular complexity index is 489. The lowest BCUT2D eigenvalue weighted by Gasteiger charge is -2.26. The lowest BCUT2D eigenvalue weighted by molar-refractivity contribution is -0.182. The van der Waals surface area contributed by atoms with E-state index in [0.29, 0.717) is 30.7 Å². The zero-order valence-corrected chi connectivity index (χ0v) is 12.7.